The number of benzene rings is 2. The van der Waals surface area contributed by atoms with E-state index < -0.39 is 23.0 Å². The number of halogens is 2. The summed E-state index contributed by atoms with van der Waals surface area (Å²) in [4.78, 5) is 38.9. The van der Waals surface area contributed by atoms with Gasteiger partial charge in [-0.05, 0) is 11.6 Å². The van der Waals surface area contributed by atoms with Crippen molar-refractivity contribution in [3.05, 3.63) is 70.2 Å². The Morgan fingerprint density at radius 3 is 2.21 bits per heavy atom. The Morgan fingerprint density at radius 2 is 1.64 bits per heavy atom. The van der Waals surface area contributed by atoms with Crippen LogP contribution in [0.1, 0.15) is 26.3 Å². The molecule has 0 heterocycles. The molecule has 2 aromatic carbocycles. The maximum atomic E-state index is 13.3. The van der Waals surface area contributed by atoms with Gasteiger partial charge in [0.1, 0.15) is 6.61 Å². The fraction of sp³-hybridized carbons (Fsp3) is 0.286. The predicted octanol–water partition coefficient (Wildman–Crippen LogP) is -0.0896. The minimum atomic E-state index is -1.60. The molecular formula is C21H21Cl2NO4. The van der Waals surface area contributed by atoms with Crippen LogP contribution in [0.25, 0.3) is 0 Å². The van der Waals surface area contributed by atoms with Gasteiger partial charge in [-0.2, -0.15) is 0 Å². The zero-order chi connectivity index (χ0) is 19.8. The third kappa shape index (κ3) is 3.83. The number of esters is 1. The Kier molecular flexibility index (Phi) is 6.34. The number of carbonyl (C=O) groups excluding carboxylic acids is 3. The average molecular weight is 422 g/mol. The van der Waals surface area contributed by atoms with Crippen LogP contribution in [0.5, 0.6) is 0 Å². The summed E-state index contributed by atoms with van der Waals surface area (Å²) >= 11 is 6.21. The number of nitrogens with zero attached hydrogens (tertiary/aromatic N) is 1. The molecule has 0 aliphatic heterocycles. The van der Waals surface area contributed by atoms with E-state index in [4.69, 9.17) is 16.3 Å². The normalized spacial score (nSPS) is 18.4. The maximum Gasteiger partial charge on any atom is 0.361 e. The van der Waals surface area contributed by atoms with E-state index in [1.54, 1.807) is 48.5 Å². The molecule has 1 atom stereocenters. The minimum Gasteiger partial charge on any atom is -1.00 e. The molecule has 0 bridgehead atoms. The van der Waals surface area contributed by atoms with Gasteiger partial charge in [-0.25, -0.2) is 4.79 Å². The van der Waals surface area contributed by atoms with E-state index in [-0.39, 0.29) is 41.7 Å². The van der Waals surface area contributed by atoms with Gasteiger partial charge in [-0.15, -0.1) is 0 Å². The molecule has 1 unspecified atom stereocenters. The number of hydrogen-bond donors (Lipinski definition) is 0. The van der Waals surface area contributed by atoms with Crippen LogP contribution in [-0.4, -0.2) is 56.3 Å². The van der Waals surface area contributed by atoms with Crippen LogP contribution in [0.2, 0.25) is 5.02 Å². The van der Waals surface area contributed by atoms with Crippen LogP contribution < -0.4 is 12.4 Å². The fourth-order valence-electron chi connectivity index (χ4n) is 3.31. The number of ether oxygens (including phenoxy) is 1. The number of carbonyl (C=O) groups is 3. The molecule has 7 heteroatoms. The van der Waals surface area contributed by atoms with Crippen molar-refractivity contribution >= 4 is 29.1 Å². The molecule has 0 saturated carbocycles. The fourth-order valence-corrected chi connectivity index (χ4v) is 3.57. The lowest BCUT2D eigenvalue weighted by Gasteiger charge is -2.27. The molecule has 0 spiro atoms. The van der Waals surface area contributed by atoms with Gasteiger partial charge in [0.2, 0.25) is 0 Å². The second-order valence-corrected chi connectivity index (χ2v) is 8.11. The van der Waals surface area contributed by atoms with Crippen molar-refractivity contribution in [2.75, 3.05) is 34.3 Å². The molecule has 2 aromatic rings. The lowest BCUT2D eigenvalue weighted by molar-refractivity contribution is -0.862. The third-order valence-corrected chi connectivity index (χ3v) is 4.90. The van der Waals surface area contributed by atoms with E-state index in [1.165, 1.54) is 0 Å². The first-order valence-corrected chi connectivity index (χ1v) is 8.94. The van der Waals surface area contributed by atoms with Crippen molar-refractivity contribution in [2.24, 2.45) is 0 Å². The molecule has 0 aromatic heterocycles. The minimum absolute atomic E-state index is 0. The van der Waals surface area contributed by atoms with E-state index in [9.17, 15) is 14.4 Å². The SMILES string of the molecule is C[N+](C)(C)CC(=O)OCC1(c2ccccc2)C(=O)c2cccc(Cl)c2C1=O.[Cl-]. The summed E-state index contributed by atoms with van der Waals surface area (Å²) < 4.78 is 5.81. The quantitative estimate of drug-likeness (QED) is 0.384. The van der Waals surface area contributed by atoms with Crippen LogP contribution >= 0.6 is 11.6 Å². The van der Waals surface area contributed by atoms with Gasteiger partial charge in [0.25, 0.3) is 0 Å². The van der Waals surface area contributed by atoms with Crippen LogP contribution in [0.15, 0.2) is 48.5 Å². The molecule has 0 fully saturated rings. The number of likely N-dealkylation sites (N-methyl/N-ethyl adjacent to an activating group) is 1. The van der Waals surface area contributed by atoms with Crippen LogP contribution in [0.4, 0.5) is 0 Å². The number of quaternary nitrogens is 1. The van der Waals surface area contributed by atoms with E-state index in [1.807, 2.05) is 21.1 Å². The Labute approximate surface area is 175 Å². The summed E-state index contributed by atoms with van der Waals surface area (Å²) in [6.45, 7) is -0.223. The topological polar surface area (TPSA) is 60.4 Å². The zero-order valence-corrected chi connectivity index (χ0v) is 17.4. The highest BCUT2D eigenvalue weighted by Crippen LogP contribution is 2.42. The first-order valence-electron chi connectivity index (χ1n) is 8.56. The maximum absolute atomic E-state index is 13.3. The number of Topliss-reactive ketones (excluding diaryl/α,β-unsaturated/α-hetero) is 2. The van der Waals surface area contributed by atoms with Crippen molar-refractivity contribution < 1.29 is 36.0 Å². The van der Waals surface area contributed by atoms with Gasteiger partial charge in [0.15, 0.2) is 23.5 Å². The Morgan fingerprint density at radius 1 is 1.00 bits per heavy atom. The molecule has 1 aliphatic carbocycles. The lowest BCUT2D eigenvalue weighted by Crippen LogP contribution is -3.00. The van der Waals surface area contributed by atoms with Gasteiger partial charge in [0.05, 0.1) is 26.2 Å². The molecule has 0 radical (unpaired) electrons. The average Bonchev–Trinajstić information content (AvgIpc) is 2.82. The highest BCUT2D eigenvalue weighted by atomic mass is 35.5. The Balaban J connectivity index is 0.00000280. The van der Waals surface area contributed by atoms with Gasteiger partial charge < -0.3 is 21.6 Å². The Hall–Kier alpha value is -2.21. The first-order chi connectivity index (χ1) is 12.7. The Bertz CT molecular complexity index is 922. The van der Waals surface area contributed by atoms with E-state index in [0.717, 1.165) is 0 Å². The second kappa shape index (κ2) is 8.03. The summed E-state index contributed by atoms with van der Waals surface area (Å²) in [5, 5.41) is 0.223. The molecular weight excluding hydrogens is 401 g/mol. The van der Waals surface area contributed by atoms with Gasteiger partial charge in [-0.3, -0.25) is 9.59 Å². The van der Waals surface area contributed by atoms with Crippen LogP contribution in [0.3, 0.4) is 0 Å². The molecule has 1 aliphatic rings. The highest BCUT2D eigenvalue weighted by Gasteiger charge is 2.56. The molecule has 28 heavy (non-hydrogen) atoms. The number of hydrogen-bond acceptors (Lipinski definition) is 4. The van der Waals surface area contributed by atoms with Crippen molar-refractivity contribution in [3.8, 4) is 0 Å². The predicted molar refractivity (Wildman–Crippen MR) is 102 cm³/mol. The molecule has 0 saturated heterocycles. The van der Waals surface area contributed by atoms with Gasteiger partial charge >= 0.3 is 5.97 Å². The highest BCUT2D eigenvalue weighted by molar-refractivity contribution is 6.41. The van der Waals surface area contributed by atoms with Crippen LogP contribution in [0, 0.1) is 0 Å². The molecule has 0 amide bonds. The van der Waals surface area contributed by atoms with Crippen molar-refractivity contribution in [1.29, 1.82) is 0 Å². The summed E-state index contributed by atoms with van der Waals surface area (Å²) in [6.07, 6.45) is 0. The standard InChI is InChI=1S/C21H21ClNO4.ClH/c1-23(2,3)12-17(24)27-13-21(14-8-5-4-6-9-14)19(25)15-10-7-11-16(22)18(15)20(21)26;/h4-11H,12-13H2,1-3H3;1H/q+1;/p-1. The summed E-state index contributed by atoms with van der Waals surface area (Å²) in [5.74, 6) is -1.30. The molecule has 3 rings (SSSR count). The zero-order valence-electron chi connectivity index (χ0n) is 15.9. The molecule has 0 N–H and O–H groups in total. The van der Waals surface area contributed by atoms with Crippen molar-refractivity contribution in [1.82, 2.24) is 0 Å². The van der Waals surface area contributed by atoms with E-state index in [2.05, 4.69) is 0 Å². The van der Waals surface area contributed by atoms with Crippen molar-refractivity contribution in [2.45, 2.75) is 5.41 Å². The van der Waals surface area contributed by atoms with Crippen molar-refractivity contribution in [3.63, 3.8) is 0 Å². The summed E-state index contributed by atoms with van der Waals surface area (Å²) in [7, 11) is 5.57. The second-order valence-electron chi connectivity index (χ2n) is 7.70. The van der Waals surface area contributed by atoms with Crippen LogP contribution in [-0.2, 0) is 14.9 Å². The van der Waals surface area contributed by atoms with E-state index >= 15 is 0 Å². The lowest BCUT2D eigenvalue weighted by atomic mass is 9.76. The largest absolute Gasteiger partial charge is 1.00 e. The number of fused-ring (bicyclic) bond motifs is 1. The third-order valence-electron chi connectivity index (χ3n) is 4.58. The summed E-state index contributed by atoms with van der Waals surface area (Å²) in [5.41, 5.74) is -0.658. The molecule has 5 nitrogen and oxygen atoms in total. The number of rotatable bonds is 5. The van der Waals surface area contributed by atoms with Gasteiger partial charge in [-0.1, -0.05) is 54.1 Å². The first kappa shape index (κ1) is 22.1. The number of ketones is 2. The van der Waals surface area contributed by atoms with Gasteiger partial charge in [0, 0.05) is 11.1 Å². The monoisotopic (exact) mass is 421 g/mol. The smallest absolute Gasteiger partial charge is 0.361 e. The summed E-state index contributed by atoms with van der Waals surface area (Å²) in [6, 6.07) is 13.5. The van der Waals surface area contributed by atoms with E-state index in [0.29, 0.717) is 10.0 Å². The molecule has 148 valence electrons.